The van der Waals surface area contributed by atoms with Crippen molar-refractivity contribution in [3.63, 3.8) is 0 Å². The molecule has 5 heteroatoms. The Morgan fingerprint density at radius 2 is 1.96 bits per heavy atom. The van der Waals surface area contributed by atoms with Crippen molar-refractivity contribution >= 4 is 11.9 Å². The fourth-order valence-corrected chi connectivity index (χ4v) is 3.69. The minimum absolute atomic E-state index is 0.0992. The number of hydrogen-bond donors (Lipinski definition) is 1. The van der Waals surface area contributed by atoms with E-state index < -0.39 is 5.97 Å². The van der Waals surface area contributed by atoms with Gasteiger partial charge in [0.25, 0.3) is 0 Å². The van der Waals surface area contributed by atoms with E-state index in [1.165, 1.54) is 0 Å². The zero-order valence-corrected chi connectivity index (χ0v) is 13.2. The van der Waals surface area contributed by atoms with Crippen molar-refractivity contribution < 1.29 is 19.4 Å². The lowest BCUT2D eigenvalue weighted by Crippen LogP contribution is -2.32. The van der Waals surface area contributed by atoms with Crippen molar-refractivity contribution in [1.82, 2.24) is 4.90 Å². The van der Waals surface area contributed by atoms with Gasteiger partial charge < -0.3 is 14.7 Å². The SMILES string of the molecule is O=C(O)c1cccc(CC(=O)N2CCC(C3CCOCC3)C2)c1. The van der Waals surface area contributed by atoms with E-state index in [0.29, 0.717) is 11.8 Å². The Kier molecular flexibility index (Phi) is 4.96. The standard InChI is InChI=1S/C18H23NO4/c20-17(11-13-2-1-3-15(10-13)18(21)22)19-7-4-16(12-19)14-5-8-23-9-6-14/h1-3,10,14,16H,4-9,11-12H2,(H,21,22). The first-order valence-corrected chi connectivity index (χ1v) is 8.31. The number of likely N-dealkylation sites (tertiary alicyclic amines) is 1. The molecule has 23 heavy (non-hydrogen) atoms. The fourth-order valence-electron chi connectivity index (χ4n) is 3.69. The van der Waals surface area contributed by atoms with Crippen LogP contribution in [0.3, 0.4) is 0 Å². The Labute approximate surface area is 136 Å². The summed E-state index contributed by atoms with van der Waals surface area (Å²) in [4.78, 5) is 25.4. The molecule has 2 fully saturated rings. The number of nitrogens with zero attached hydrogens (tertiary/aromatic N) is 1. The first-order chi connectivity index (χ1) is 11.1. The molecule has 3 rings (SSSR count). The van der Waals surface area contributed by atoms with Gasteiger partial charge >= 0.3 is 5.97 Å². The molecule has 2 heterocycles. The first-order valence-electron chi connectivity index (χ1n) is 8.31. The predicted octanol–water partition coefficient (Wildman–Crippen LogP) is 2.20. The van der Waals surface area contributed by atoms with Crippen LogP contribution in [0.2, 0.25) is 0 Å². The van der Waals surface area contributed by atoms with E-state index in [9.17, 15) is 9.59 Å². The quantitative estimate of drug-likeness (QED) is 0.924. The molecule has 0 radical (unpaired) electrons. The number of carbonyl (C=O) groups excluding carboxylic acids is 1. The maximum atomic E-state index is 12.5. The summed E-state index contributed by atoms with van der Waals surface area (Å²) in [5, 5.41) is 9.03. The summed E-state index contributed by atoms with van der Waals surface area (Å²) in [5.74, 6) is 0.409. The molecule has 124 valence electrons. The van der Waals surface area contributed by atoms with E-state index in [2.05, 4.69) is 0 Å². The van der Waals surface area contributed by atoms with Gasteiger partial charge in [-0.3, -0.25) is 4.79 Å². The highest BCUT2D eigenvalue weighted by molar-refractivity contribution is 5.88. The van der Waals surface area contributed by atoms with E-state index >= 15 is 0 Å². The van der Waals surface area contributed by atoms with Gasteiger partial charge in [0.1, 0.15) is 0 Å². The third kappa shape index (κ3) is 3.91. The number of carboxylic acid groups (broad SMARTS) is 1. The summed E-state index contributed by atoms with van der Waals surface area (Å²) in [7, 11) is 0. The predicted molar refractivity (Wildman–Crippen MR) is 85.3 cm³/mol. The third-order valence-corrected chi connectivity index (χ3v) is 5.04. The number of amides is 1. The maximum absolute atomic E-state index is 12.5. The van der Waals surface area contributed by atoms with Crippen LogP contribution >= 0.6 is 0 Å². The van der Waals surface area contributed by atoms with Crippen LogP contribution in [0, 0.1) is 11.8 Å². The van der Waals surface area contributed by atoms with Crippen molar-refractivity contribution in [2.24, 2.45) is 11.8 Å². The third-order valence-electron chi connectivity index (χ3n) is 5.04. The average molecular weight is 317 g/mol. The molecule has 1 unspecified atom stereocenters. The Hall–Kier alpha value is -1.88. The van der Waals surface area contributed by atoms with Gasteiger partial charge in [0.15, 0.2) is 0 Å². The van der Waals surface area contributed by atoms with Gasteiger partial charge in [0, 0.05) is 26.3 Å². The monoisotopic (exact) mass is 317 g/mol. The van der Waals surface area contributed by atoms with Gasteiger partial charge in [-0.25, -0.2) is 4.79 Å². The molecule has 0 bridgehead atoms. The topological polar surface area (TPSA) is 66.8 Å². The van der Waals surface area contributed by atoms with E-state index in [-0.39, 0.29) is 17.9 Å². The molecule has 5 nitrogen and oxygen atoms in total. The Morgan fingerprint density at radius 1 is 1.17 bits per heavy atom. The highest BCUT2D eigenvalue weighted by Crippen LogP contribution is 2.31. The summed E-state index contributed by atoms with van der Waals surface area (Å²) >= 11 is 0. The molecular formula is C18H23NO4. The number of hydrogen-bond acceptors (Lipinski definition) is 3. The fraction of sp³-hybridized carbons (Fsp3) is 0.556. The Bertz CT molecular complexity index is 580. The lowest BCUT2D eigenvalue weighted by Gasteiger charge is -2.27. The number of aromatic carboxylic acids is 1. The summed E-state index contributed by atoms with van der Waals surface area (Å²) in [6, 6.07) is 6.65. The van der Waals surface area contributed by atoms with Crippen molar-refractivity contribution in [3.8, 4) is 0 Å². The summed E-state index contributed by atoms with van der Waals surface area (Å²) < 4.78 is 5.41. The molecular weight excluding hydrogens is 294 g/mol. The number of rotatable bonds is 4. The maximum Gasteiger partial charge on any atom is 0.335 e. The molecule has 1 N–H and O–H groups in total. The second-order valence-electron chi connectivity index (χ2n) is 6.52. The van der Waals surface area contributed by atoms with E-state index in [4.69, 9.17) is 9.84 Å². The van der Waals surface area contributed by atoms with Crippen LogP contribution in [-0.4, -0.2) is 48.2 Å². The van der Waals surface area contributed by atoms with Gasteiger partial charge in [-0.05, 0) is 48.8 Å². The van der Waals surface area contributed by atoms with E-state index in [0.717, 1.165) is 51.1 Å². The van der Waals surface area contributed by atoms with E-state index in [1.807, 2.05) is 11.0 Å². The minimum Gasteiger partial charge on any atom is -0.478 e. The molecule has 0 aliphatic carbocycles. The van der Waals surface area contributed by atoms with Gasteiger partial charge in [-0.15, -0.1) is 0 Å². The highest BCUT2D eigenvalue weighted by Gasteiger charge is 2.32. The zero-order valence-electron chi connectivity index (χ0n) is 13.2. The summed E-state index contributed by atoms with van der Waals surface area (Å²) in [6.45, 7) is 3.34. The molecule has 1 aromatic carbocycles. The van der Waals surface area contributed by atoms with Crippen molar-refractivity contribution in [2.45, 2.75) is 25.7 Å². The van der Waals surface area contributed by atoms with Crippen LogP contribution in [0.5, 0.6) is 0 Å². The molecule has 2 aliphatic heterocycles. The molecule has 2 saturated heterocycles. The van der Waals surface area contributed by atoms with Crippen LogP contribution in [0.25, 0.3) is 0 Å². The average Bonchev–Trinajstić information content (AvgIpc) is 3.06. The number of benzene rings is 1. The number of ether oxygens (including phenoxy) is 1. The van der Waals surface area contributed by atoms with Crippen LogP contribution in [0.15, 0.2) is 24.3 Å². The highest BCUT2D eigenvalue weighted by atomic mass is 16.5. The van der Waals surface area contributed by atoms with Gasteiger partial charge in [0.05, 0.1) is 12.0 Å². The molecule has 1 amide bonds. The van der Waals surface area contributed by atoms with E-state index in [1.54, 1.807) is 18.2 Å². The minimum atomic E-state index is -0.958. The number of carbonyl (C=O) groups is 2. The summed E-state index contributed by atoms with van der Waals surface area (Å²) in [5.41, 5.74) is 1.00. The second kappa shape index (κ2) is 7.13. The van der Waals surface area contributed by atoms with Crippen LogP contribution < -0.4 is 0 Å². The smallest absolute Gasteiger partial charge is 0.335 e. The molecule has 0 aromatic heterocycles. The molecule has 1 aromatic rings. The van der Waals surface area contributed by atoms with Crippen molar-refractivity contribution in [2.75, 3.05) is 26.3 Å². The Morgan fingerprint density at radius 3 is 2.70 bits per heavy atom. The van der Waals surface area contributed by atoms with Crippen LogP contribution in [-0.2, 0) is 16.0 Å². The van der Waals surface area contributed by atoms with Gasteiger partial charge in [-0.2, -0.15) is 0 Å². The number of carboxylic acids is 1. The van der Waals surface area contributed by atoms with Crippen molar-refractivity contribution in [1.29, 1.82) is 0 Å². The lowest BCUT2D eigenvalue weighted by atomic mass is 9.85. The second-order valence-corrected chi connectivity index (χ2v) is 6.52. The Balaban J connectivity index is 1.56. The molecule has 0 saturated carbocycles. The molecule has 1 atom stereocenters. The van der Waals surface area contributed by atoms with Gasteiger partial charge in [0.2, 0.25) is 5.91 Å². The zero-order chi connectivity index (χ0) is 16.2. The van der Waals surface area contributed by atoms with Crippen LogP contribution in [0.4, 0.5) is 0 Å². The van der Waals surface area contributed by atoms with Gasteiger partial charge in [-0.1, -0.05) is 12.1 Å². The lowest BCUT2D eigenvalue weighted by molar-refractivity contribution is -0.129. The summed E-state index contributed by atoms with van der Waals surface area (Å²) in [6.07, 6.45) is 3.56. The normalized spacial score (nSPS) is 22.3. The first kappa shape index (κ1) is 16.0. The van der Waals surface area contributed by atoms with Crippen molar-refractivity contribution in [3.05, 3.63) is 35.4 Å². The van der Waals surface area contributed by atoms with Crippen LogP contribution in [0.1, 0.15) is 35.2 Å². The molecule has 2 aliphatic rings. The largest absolute Gasteiger partial charge is 0.478 e. The molecule has 0 spiro atoms.